The van der Waals surface area contributed by atoms with Gasteiger partial charge in [-0.25, -0.2) is 0 Å². The second kappa shape index (κ2) is 2.70. The summed E-state index contributed by atoms with van der Waals surface area (Å²) in [6, 6.07) is 0. The van der Waals surface area contributed by atoms with Crippen LogP contribution < -0.4 is 0 Å². The molecule has 5 heteroatoms. The van der Waals surface area contributed by atoms with Crippen LogP contribution in [0.1, 0.15) is 0 Å². The van der Waals surface area contributed by atoms with Crippen LogP contribution in [0.5, 0.6) is 0 Å². The first-order valence-electron chi connectivity index (χ1n) is 1.42. The lowest BCUT2D eigenvalue weighted by atomic mass is 10.7. The molecule has 0 aliphatic rings. The van der Waals surface area contributed by atoms with Gasteiger partial charge in [-0.1, -0.05) is 0 Å². The summed E-state index contributed by atoms with van der Waals surface area (Å²) in [5, 5.41) is 9.06. The van der Waals surface area contributed by atoms with Crippen LogP contribution in [0.4, 0.5) is 0 Å². The summed E-state index contributed by atoms with van der Waals surface area (Å²) in [5.41, 5.74) is 0. The van der Waals surface area contributed by atoms with E-state index in [2.05, 4.69) is 12.6 Å². The van der Waals surface area contributed by atoms with E-state index < -0.39 is 11.3 Å². The monoisotopic (exact) mass is 121 g/mol. The molecule has 7 heavy (non-hydrogen) atoms. The standard InChI is InChI=1S/C2H3NO3S/c4-1(3-6)2(5)7/h1,4H,(H,5,7). The second-order valence-corrected chi connectivity index (χ2v) is 1.26. The van der Waals surface area contributed by atoms with E-state index in [1.807, 2.05) is 5.18 Å². The number of hydrogen-bond donors (Lipinski definition) is 2. The Hall–Kier alpha value is -0.420. The Labute approximate surface area is 44.9 Å². The summed E-state index contributed by atoms with van der Waals surface area (Å²) < 4.78 is 0. The highest BCUT2D eigenvalue weighted by Crippen LogP contribution is 1.88. The zero-order valence-corrected chi connectivity index (χ0v) is 4.13. The molecule has 40 valence electrons. The van der Waals surface area contributed by atoms with Crippen LogP contribution >= 0.6 is 12.6 Å². The van der Waals surface area contributed by atoms with Crippen molar-refractivity contribution in [2.24, 2.45) is 5.18 Å². The molecule has 0 aromatic heterocycles. The van der Waals surface area contributed by atoms with Gasteiger partial charge in [-0.05, 0) is 5.18 Å². The molecule has 0 aromatic carbocycles. The molecule has 4 nitrogen and oxygen atoms in total. The molecule has 0 saturated carbocycles. The summed E-state index contributed by atoms with van der Waals surface area (Å²) in [7, 11) is 0. The minimum Gasteiger partial charge on any atom is -0.362 e. The van der Waals surface area contributed by atoms with Gasteiger partial charge in [0.2, 0.25) is 5.12 Å². The van der Waals surface area contributed by atoms with E-state index in [0.29, 0.717) is 0 Å². The van der Waals surface area contributed by atoms with Crippen molar-refractivity contribution in [2.45, 2.75) is 6.23 Å². The topological polar surface area (TPSA) is 66.7 Å². The van der Waals surface area contributed by atoms with Gasteiger partial charge in [0.15, 0.2) is 0 Å². The van der Waals surface area contributed by atoms with Crippen LogP contribution in [0.25, 0.3) is 0 Å². The Morgan fingerprint density at radius 1 is 1.86 bits per heavy atom. The number of thiol groups is 1. The van der Waals surface area contributed by atoms with Gasteiger partial charge < -0.3 is 5.11 Å². The van der Waals surface area contributed by atoms with E-state index in [4.69, 9.17) is 5.11 Å². The van der Waals surface area contributed by atoms with E-state index in [1.54, 1.807) is 0 Å². The summed E-state index contributed by atoms with van der Waals surface area (Å²) in [5.74, 6) is 0. The smallest absolute Gasteiger partial charge is 0.256 e. The Balaban J connectivity index is 3.55. The number of rotatable bonds is 2. The van der Waals surface area contributed by atoms with Gasteiger partial charge in [0, 0.05) is 0 Å². The number of carbonyl (C=O) groups is 1. The molecule has 0 heterocycles. The van der Waals surface area contributed by atoms with Gasteiger partial charge in [-0.15, -0.1) is 17.5 Å². The van der Waals surface area contributed by atoms with Crippen LogP contribution in [-0.2, 0) is 4.79 Å². The number of nitrogens with zero attached hydrogens (tertiary/aromatic N) is 1. The first-order valence-corrected chi connectivity index (χ1v) is 1.86. The highest BCUT2D eigenvalue weighted by Gasteiger charge is 2.07. The zero-order chi connectivity index (χ0) is 5.86. The van der Waals surface area contributed by atoms with Crippen LogP contribution in [0.3, 0.4) is 0 Å². The normalized spacial score (nSPS) is 12.9. The molecule has 1 unspecified atom stereocenters. The largest absolute Gasteiger partial charge is 0.362 e. The third kappa shape index (κ3) is 2.30. The molecule has 0 fully saturated rings. The zero-order valence-electron chi connectivity index (χ0n) is 3.24. The summed E-state index contributed by atoms with van der Waals surface area (Å²) >= 11 is 3.09. The average Bonchev–Trinajstić information content (AvgIpc) is 1.65. The molecule has 0 radical (unpaired) electrons. The van der Waals surface area contributed by atoms with Crippen molar-refractivity contribution in [1.29, 1.82) is 0 Å². The molecule has 0 aromatic rings. The van der Waals surface area contributed by atoms with Gasteiger partial charge >= 0.3 is 0 Å². The SMILES string of the molecule is O=NC(O)C(=O)S. The lowest BCUT2D eigenvalue weighted by molar-refractivity contribution is -0.117. The molecule has 0 spiro atoms. The fraction of sp³-hybridized carbons (Fsp3) is 0.500. The van der Waals surface area contributed by atoms with Gasteiger partial charge in [-0.3, -0.25) is 4.79 Å². The fourth-order valence-electron chi connectivity index (χ4n) is 0.0451. The number of nitroso groups, excluding NO2 is 1. The van der Waals surface area contributed by atoms with Crippen molar-refractivity contribution in [1.82, 2.24) is 0 Å². The Bertz CT molecular complexity index is 92.9. The molecule has 0 bridgehead atoms. The maximum Gasteiger partial charge on any atom is 0.256 e. The van der Waals surface area contributed by atoms with Crippen molar-refractivity contribution in [2.75, 3.05) is 0 Å². The maximum absolute atomic E-state index is 9.70. The highest BCUT2D eigenvalue weighted by molar-refractivity contribution is 7.96. The average molecular weight is 121 g/mol. The van der Waals surface area contributed by atoms with Crippen molar-refractivity contribution in [3.05, 3.63) is 4.91 Å². The van der Waals surface area contributed by atoms with Crippen molar-refractivity contribution in [3.8, 4) is 0 Å². The summed E-state index contributed by atoms with van der Waals surface area (Å²) in [6.07, 6.45) is -1.80. The van der Waals surface area contributed by atoms with Crippen LogP contribution in [-0.4, -0.2) is 16.4 Å². The lowest BCUT2D eigenvalue weighted by Gasteiger charge is -1.87. The first-order chi connectivity index (χ1) is 3.18. The third-order valence-corrected chi connectivity index (χ3v) is 0.552. The predicted octanol–water partition coefficient (Wildman–Crippen LogP) is -0.472. The molecule has 0 aliphatic carbocycles. The number of aliphatic hydroxyl groups is 1. The quantitative estimate of drug-likeness (QED) is 0.383. The summed E-state index contributed by atoms with van der Waals surface area (Å²) in [4.78, 5) is 18.9. The molecular formula is C2H3NO3S. The highest BCUT2D eigenvalue weighted by atomic mass is 32.1. The van der Waals surface area contributed by atoms with Crippen LogP contribution in [0.2, 0.25) is 0 Å². The van der Waals surface area contributed by atoms with Gasteiger partial charge in [0.05, 0.1) is 0 Å². The fourth-order valence-corrected chi connectivity index (χ4v) is 0.0922. The Morgan fingerprint density at radius 2 is 2.29 bits per heavy atom. The van der Waals surface area contributed by atoms with E-state index in [0.717, 1.165) is 0 Å². The van der Waals surface area contributed by atoms with Gasteiger partial charge in [0.25, 0.3) is 6.23 Å². The Morgan fingerprint density at radius 3 is 2.29 bits per heavy atom. The van der Waals surface area contributed by atoms with E-state index in [9.17, 15) is 9.70 Å². The second-order valence-electron chi connectivity index (χ2n) is 0.817. The Kier molecular flexibility index (Phi) is 2.54. The molecule has 1 N–H and O–H groups in total. The molecule has 0 aliphatic heterocycles. The predicted molar refractivity (Wildman–Crippen MR) is 25.8 cm³/mol. The molecular weight excluding hydrogens is 118 g/mol. The van der Waals surface area contributed by atoms with E-state index in [1.165, 1.54) is 0 Å². The van der Waals surface area contributed by atoms with E-state index >= 15 is 0 Å². The minimum absolute atomic E-state index is 0.935. The van der Waals surface area contributed by atoms with Crippen molar-refractivity contribution >= 4 is 17.7 Å². The number of hydrogen-bond acceptors (Lipinski definition) is 4. The molecule has 0 amide bonds. The third-order valence-electron chi connectivity index (χ3n) is 0.321. The van der Waals surface area contributed by atoms with Crippen molar-refractivity contribution in [3.63, 3.8) is 0 Å². The lowest BCUT2D eigenvalue weighted by Crippen LogP contribution is -2.09. The van der Waals surface area contributed by atoms with Gasteiger partial charge in [0.1, 0.15) is 0 Å². The van der Waals surface area contributed by atoms with Crippen LogP contribution in [0.15, 0.2) is 5.18 Å². The van der Waals surface area contributed by atoms with Gasteiger partial charge in [-0.2, -0.15) is 0 Å². The molecule has 0 saturated heterocycles. The van der Waals surface area contributed by atoms with Crippen molar-refractivity contribution < 1.29 is 9.90 Å². The van der Waals surface area contributed by atoms with Crippen LogP contribution in [0, 0.1) is 4.91 Å². The van der Waals surface area contributed by atoms with E-state index in [-0.39, 0.29) is 0 Å². The number of carbonyl (C=O) groups excluding carboxylic acids is 1. The maximum atomic E-state index is 9.70. The molecule has 0 rings (SSSR count). The summed E-state index contributed by atoms with van der Waals surface area (Å²) in [6.45, 7) is 0. The first kappa shape index (κ1) is 6.58. The molecule has 1 atom stereocenters. The number of aliphatic hydroxyl groups excluding tert-OH is 1. The minimum atomic E-state index is -1.80.